The lowest BCUT2D eigenvalue weighted by Crippen LogP contribution is -2.40. The number of carbonyl (C=O) groups is 2. The largest absolute Gasteiger partial charge is 0.352 e. The van der Waals surface area contributed by atoms with E-state index in [1.54, 1.807) is 11.4 Å². The highest BCUT2D eigenvalue weighted by atomic mass is 32.2. The van der Waals surface area contributed by atoms with Gasteiger partial charge in [-0.05, 0) is 49.6 Å². The molecule has 2 rings (SSSR count). The minimum Gasteiger partial charge on any atom is -0.352 e. The predicted molar refractivity (Wildman–Crippen MR) is 102 cm³/mol. The molecule has 26 heavy (non-hydrogen) atoms. The fourth-order valence-electron chi connectivity index (χ4n) is 2.18. The lowest BCUT2D eigenvalue weighted by molar-refractivity contribution is -0.122. The molecule has 140 valence electrons. The van der Waals surface area contributed by atoms with Crippen LogP contribution in [0.1, 0.15) is 24.2 Å². The van der Waals surface area contributed by atoms with Gasteiger partial charge in [-0.1, -0.05) is 6.07 Å². The maximum absolute atomic E-state index is 12.4. The summed E-state index contributed by atoms with van der Waals surface area (Å²) in [5.41, 5.74) is 0.721. The number of nitrogens with one attached hydrogen (secondary N) is 2. The minimum atomic E-state index is -3.63. The average Bonchev–Trinajstić information content (AvgIpc) is 3.09. The molecule has 0 atom stereocenters. The third-order valence-electron chi connectivity index (χ3n) is 3.32. The first-order chi connectivity index (χ1) is 12.2. The molecule has 0 spiro atoms. The number of hydrogen-bond acceptors (Lipinski definition) is 5. The Labute approximate surface area is 157 Å². The molecule has 0 aliphatic carbocycles. The van der Waals surface area contributed by atoms with E-state index >= 15 is 0 Å². The Morgan fingerprint density at radius 2 is 1.81 bits per heavy atom. The van der Waals surface area contributed by atoms with Crippen LogP contribution in [0.4, 0.5) is 5.69 Å². The Balaban J connectivity index is 2.02. The third-order valence-corrected chi connectivity index (χ3v) is 6.10. The van der Waals surface area contributed by atoms with E-state index in [9.17, 15) is 18.0 Å². The Morgan fingerprint density at radius 3 is 2.35 bits per heavy atom. The summed E-state index contributed by atoms with van der Waals surface area (Å²) < 4.78 is 27.0. The van der Waals surface area contributed by atoms with Gasteiger partial charge in [0.2, 0.25) is 5.91 Å². The summed E-state index contributed by atoms with van der Waals surface area (Å²) >= 11 is 1.12. The summed E-state index contributed by atoms with van der Waals surface area (Å²) in [4.78, 5) is 25.4. The van der Waals surface area contributed by atoms with Crippen LogP contribution in [0.2, 0.25) is 0 Å². The van der Waals surface area contributed by atoms with Crippen molar-refractivity contribution in [2.24, 2.45) is 0 Å². The molecule has 0 fully saturated rings. The second-order valence-corrected chi connectivity index (χ2v) is 8.86. The van der Waals surface area contributed by atoms with Crippen LogP contribution in [0, 0.1) is 0 Å². The maximum Gasteiger partial charge on any atom is 0.271 e. The number of anilines is 1. The smallest absolute Gasteiger partial charge is 0.271 e. The molecule has 0 bridgehead atoms. The highest BCUT2D eigenvalue weighted by Gasteiger charge is 2.17. The van der Waals surface area contributed by atoms with Gasteiger partial charge in [0.1, 0.15) is 4.21 Å². The zero-order valence-corrected chi connectivity index (χ0v) is 16.4. The molecular weight excluding hydrogens is 374 g/mol. The lowest BCUT2D eigenvalue weighted by atomic mass is 10.2. The molecule has 0 aliphatic heterocycles. The van der Waals surface area contributed by atoms with Crippen molar-refractivity contribution in [2.75, 3.05) is 18.3 Å². The molecule has 0 unspecified atom stereocenters. The van der Waals surface area contributed by atoms with Gasteiger partial charge in [-0.25, -0.2) is 8.42 Å². The van der Waals surface area contributed by atoms with E-state index in [0.29, 0.717) is 11.3 Å². The van der Waals surface area contributed by atoms with E-state index < -0.39 is 10.0 Å². The Hall–Kier alpha value is -2.39. The molecule has 0 saturated heterocycles. The summed E-state index contributed by atoms with van der Waals surface area (Å²) in [6.45, 7) is 3.63. The van der Waals surface area contributed by atoms with Crippen LogP contribution in [0.25, 0.3) is 0 Å². The van der Waals surface area contributed by atoms with E-state index in [1.807, 2.05) is 13.8 Å². The molecule has 2 aromatic rings. The molecule has 2 N–H and O–H groups in total. The van der Waals surface area contributed by atoms with E-state index in [4.69, 9.17) is 0 Å². The van der Waals surface area contributed by atoms with Gasteiger partial charge in [0, 0.05) is 24.3 Å². The van der Waals surface area contributed by atoms with Gasteiger partial charge in [0.25, 0.3) is 15.9 Å². The van der Waals surface area contributed by atoms with Crippen molar-refractivity contribution in [3.63, 3.8) is 0 Å². The van der Waals surface area contributed by atoms with Crippen molar-refractivity contribution >= 4 is 38.9 Å². The quantitative estimate of drug-likeness (QED) is 0.751. The second-order valence-electron chi connectivity index (χ2n) is 6.00. The summed E-state index contributed by atoms with van der Waals surface area (Å²) in [7, 11) is -2.09. The number of nitrogens with zero attached hydrogens (tertiary/aromatic N) is 1. The molecule has 2 amide bonds. The molecule has 9 heteroatoms. The molecule has 0 saturated carbocycles. The monoisotopic (exact) mass is 395 g/mol. The van der Waals surface area contributed by atoms with Crippen molar-refractivity contribution < 1.29 is 18.0 Å². The number of amides is 2. The fraction of sp³-hybridized carbons (Fsp3) is 0.294. The van der Waals surface area contributed by atoms with Crippen LogP contribution in [-0.2, 0) is 14.8 Å². The SMILES string of the molecule is CC(C)NC(=O)CN(C)C(=O)c1ccc(NS(=O)(=O)c2cccs2)cc1. The minimum absolute atomic E-state index is 0.00153. The first kappa shape index (κ1) is 19.9. The maximum atomic E-state index is 12.4. The number of carbonyl (C=O) groups excluding carboxylic acids is 2. The second kappa shape index (κ2) is 8.33. The number of rotatable bonds is 7. The van der Waals surface area contributed by atoms with Crippen molar-refractivity contribution in [1.82, 2.24) is 10.2 Å². The molecule has 1 aromatic heterocycles. The van der Waals surface area contributed by atoms with Crippen molar-refractivity contribution in [3.8, 4) is 0 Å². The van der Waals surface area contributed by atoms with E-state index in [2.05, 4.69) is 10.0 Å². The Kier molecular flexibility index (Phi) is 6.38. The van der Waals surface area contributed by atoms with Crippen LogP contribution in [0.3, 0.4) is 0 Å². The number of thiophene rings is 1. The van der Waals surface area contributed by atoms with E-state index in [0.717, 1.165) is 11.3 Å². The van der Waals surface area contributed by atoms with E-state index in [1.165, 1.54) is 42.3 Å². The molecule has 0 radical (unpaired) electrons. The number of sulfonamides is 1. The Morgan fingerprint density at radius 1 is 1.15 bits per heavy atom. The summed E-state index contributed by atoms with van der Waals surface area (Å²) in [6.07, 6.45) is 0. The predicted octanol–water partition coefficient (Wildman–Crippen LogP) is 2.15. The van der Waals surface area contributed by atoms with E-state index in [-0.39, 0.29) is 28.6 Å². The lowest BCUT2D eigenvalue weighted by Gasteiger charge is -2.18. The van der Waals surface area contributed by atoms with Gasteiger partial charge in [0.15, 0.2) is 0 Å². The van der Waals surface area contributed by atoms with Gasteiger partial charge >= 0.3 is 0 Å². The average molecular weight is 396 g/mol. The van der Waals surface area contributed by atoms with Crippen LogP contribution >= 0.6 is 11.3 Å². The van der Waals surface area contributed by atoms with Crippen LogP contribution in [-0.4, -0.2) is 44.8 Å². The summed E-state index contributed by atoms with van der Waals surface area (Å²) in [5.74, 6) is -0.562. The van der Waals surface area contributed by atoms with Crippen LogP contribution in [0.5, 0.6) is 0 Å². The highest BCUT2D eigenvalue weighted by Crippen LogP contribution is 2.20. The van der Waals surface area contributed by atoms with Crippen molar-refractivity contribution in [1.29, 1.82) is 0 Å². The van der Waals surface area contributed by atoms with Crippen molar-refractivity contribution in [2.45, 2.75) is 24.1 Å². The Bertz CT molecular complexity index is 860. The van der Waals surface area contributed by atoms with Crippen LogP contribution in [0.15, 0.2) is 46.0 Å². The third kappa shape index (κ3) is 5.30. The summed E-state index contributed by atoms with van der Waals surface area (Å²) in [5, 5.41) is 4.40. The molecule has 1 heterocycles. The van der Waals surface area contributed by atoms with Gasteiger partial charge in [-0.15, -0.1) is 11.3 Å². The molecular formula is C17H21N3O4S2. The topological polar surface area (TPSA) is 95.6 Å². The van der Waals surface area contributed by atoms with Gasteiger partial charge in [-0.2, -0.15) is 0 Å². The molecule has 0 aliphatic rings. The molecule has 1 aromatic carbocycles. The van der Waals surface area contributed by atoms with Crippen LogP contribution < -0.4 is 10.0 Å². The first-order valence-corrected chi connectivity index (χ1v) is 10.3. The summed E-state index contributed by atoms with van der Waals surface area (Å²) in [6, 6.07) is 9.24. The highest BCUT2D eigenvalue weighted by molar-refractivity contribution is 7.94. The number of likely N-dealkylation sites (N-methyl/N-ethyl adjacent to an activating group) is 1. The zero-order valence-electron chi connectivity index (χ0n) is 14.7. The van der Waals surface area contributed by atoms with Crippen molar-refractivity contribution in [3.05, 3.63) is 47.3 Å². The zero-order chi connectivity index (χ0) is 19.3. The first-order valence-electron chi connectivity index (χ1n) is 7.90. The number of hydrogen-bond donors (Lipinski definition) is 2. The standard InChI is InChI=1S/C17H21N3O4S2/c1-12(2)18-15(21)11-20(3)17(22)13-6-8-14(9-7-13)19-26(23,24)16-5-4-10-25-16/h4-10,12,19H,11H2,1-3H3,(H,18,21). The normalized spacial score (nSPS) is 11.2. The van der Waals surface area contributed by atoms with Gasteiger partial charge in [-0.3, -0.25) is 14.3 Å². The van der Waals surface area contributed by atoms with Gasteiger partial charge < -0.3 is 10.2 Å². The van der Waals surface area contributed by atoms with Gasteiger partial charge in [0.05, 0.1) is 6.54 Å². The fourth-order valence-corrected chi connectivity index (χ4v) is 4.23. The molecule has 7 nitrogen and oxygen atoms in total. The number of benzene rings is 1.